The largest absolute Gasteiger partial charge is 0.416 e. The lowest BCUT2D eigenvalue weighted by Gasteiger charge is -2.25. The minimum absolute atomic E-state index is 0.0673. The SMILES string of the molecule is CCC(=O)N(Cc1cccc(C(F)(F)F)c1)C[C@H]1CC(c2ccccc2Cl)=NO1. The Hall–Kier alpha value is -2.54. The molecule has 1 amide bonds. The molecular formula is C21H20ClF3N2O2. The highest BCUT2D eigenvalue weighted by Crippen LogP contribution is 2.30. The summed E-state index contributed by atoms with van der Waals surface area (Å²) in [6.07, 6.45) is -4.12. The van der Waals surface area contributed by atoms with Crippen molar-refractivity contribution in [2.45, 2.75) is 38.6 Å². The van der Waals surface area contributed by atoms with Crippen molar-refractivity contribution in [3.05, 3.63) is 70.2 Å². The van der Waals surface area contributed by atoms with Gasteiger partial charge in [-0.25, -0.2) is 0 Å². The Morgan fingerprint density at radius 1 is 1.24 bits per heavy atom. The topological polar surface area (TPSA) is 41.9 Å². The number of nitrogens with zero attached hydrogens (tertiary/aromatic N) is 2. The average Bonchev–Trinajstić information content (AvgIpc) is 3.15. The molecule has 0 bridgehead atoms. The van der Waals surface area contributed by atoms with Crippen LogP contribution < -0.4 is 0 Å². The van der Waals surface area contributed by atoms with E-state index < -0.39 is 11.7 Å². The minimum Gasteiger partial charge on any atom is -0.390 e. The van der Waals surface area contributed by atoms with Gasteiger partial charge in [0.15, 0.2) is 6.10 Å². The molecule has 29 heavy (non-hydrogen) atoms. The van der Waals surface area contributed by atoms with Crippen LogP contribution in [0.1, 0.15) is 36.5 Å². The van der Waals surface area contributed by atoms with Crippen molar-refractivity contribution in [3.63, 3.8) is 0 Å². The molecular weight excluding hydrogens is 405 g/mol. The molecule has 0 unspecified atom stereocenters. The summed E-state index contributed by atoms with van der Waals surface area (Å²) in [6.45, 7) is 2.00. The number of alkyl halides is 3. The van der Waals surface area contributed by atoms with Crippen LogP contribution in [0, 0.1) is 0 Å². The standard InChI is InChI=1S/C21H20ClF3N2O2/c1-2-20(28)27(12-14-6-5-7-15(10-14)21(23,24)25)13-16-11-19(26-29-16)17-8-3-4-9-18(17)22/h3-10,16H,2,11-13H2,1H3/t16-/m1/s1. The van der Waals surface area contributed by atoms with E-state index in [-0.39, 0.29) is 31.5 Å². The fraction of sp³-hybridized carbons (Fsp3) is 0.333. The molecule has 4 nitrogen and oxygen atoms in total. The molecule has 1 heterocycles. The van der Waals surface area contributed by atoms with Crippen LogP contribution in [0.25, 0.3) is 0 Å². The Balaban J connectivity index is 1.70. The van der Waals surface area contributed by atoms with Gasteiger partial charge in [-0.2, -0.15) is 13.2 Å². The van der Waals surface area contributed by atoms with Crippen molar-refractivity contribution >= 4 is 23.2 Å². The van der Waals surface area contributed by atoms with Gasteiger partial charge in [-0.05, 0) is 23.8 Å². The lowest BCUT2D eigenvalue weighted by molar-refractivity contribution is -0.137. The Labute approximate surface area is 171 Å². The van der Waals surface area contributed by atoms with Crippen molar-refractivity contribution in [2.24, 2.45) is 5.16 Å². The molecule has 1 atom stereocenters. The van der Waals surface area contributed by atoms with Gasteiger partial charge < -0.3 is 9.74 Å². The third-order valence-electron chi connectivity index (χ3n) is 4.62. The van der Waals surface area contributed by atoms with E-state index in [9.17, 15) is 18.0 Å². The van der Waals surface area contributed by atoms with Gasteiger partial charge in [-0.1, -0.05) is 54.0 Å². The Morgan fingerprint density at radius 2 is 2.00 bits per heavy atom. The second-order valence-electron chi connectivity index (χ2n) is 6.78. The van der Waals surface area contributed by atoms with Gasteiger partial charge in [-0.3, -0.25) is 4.79 Å². The lowest BCUT2D eigenvalue weighted by Crippen LogP contribution is -2.37. The van der Waals surface area contributed by atoms with Crippen molar-refractivity contribution in [2.75, 3.05) is 6.54 Å². The van der Waals surface area contributed by atoms with Crippen LogP contribution >= 0.6 is 11.6 Å². The third kappa shape index (κ3) is 5.29. The monoisotopic (exact) mass is 424 g/mol. The average molecular weight is 425 g/mol. The van der Waals surface area contributed by atoms with Crippen LogP contribution in [0.4, 0.5) is 13.2 Å². The van der Waals surface area contributed by atoms with Gasteiger partial charge in [0.2, 0.25) is 5.91 Å². The first kappa shape index (κ1) is 21.2. The summed E-state index contributed by atoms with van der Waals surface area (Å²) in [4.78, 5) is 19.4. The first-order valence-corrected chi connectivity index (χ1v) is 9.57. The molecule has 0 fully saturated rings. The van der Waals surface area contributed by atoms with Crippen molar-refractivity contribution in [1.82, 2.24) is 4.90 Å². The van der Waals surface area contributed by atoms with Gasteiger partial charge in [0, 0.05) is 30.0 Å². The summed E-state index contributed by atoms with van der Waals surface area (Å²) in [5.74, 6) is -0.169. The summed E-state index contributed by atoms with van der Waals surface area (Å²) in [5.41, 5.74) is 1.12. The minimum atomic E-state index is -4.43. The second-order valence-corrected chi connectivity index (χ2v) is 7.18. The predicted octanol–water partition coefficient (Wildman–Crippen LogP) is 5.29. The summed E-state index contributed by atoms with van der Waals surface area (Å²) in [7, 11) is 0. The van der Waals surface area contributed by atoms with Crippen molar-refractivity contribution < 1.29 is 22.8 Å². The zero-order chi connectivity index (χ0) is 21.0. The van der Waals surface area contributed by atoms with Gasteiger partial charge in [-0.15, -0.1) is 0 Å². The number of hydrogen-bond donors (Lipinski definition) is 0. The zero-order valence-electron chi connectivity index (χ0n) is 15.7. The van der Waals surface area contributed by atoms with Gasteiger partial charge in [0.25, 0.3) is 0 Å². The van der Waals surface area contributed by atoms with E-state index in [0.717, 1.165) is 17.7 Å². The maximum atomic E-state index is 13.0. The molecule has 2 aromatic carbocycles. The molecule has 0 N–H and O–H groups in total. The molecule has 2 aromatic rings. The van der Waals surface area contributed by atoms with E-state index in [2.05, 4.69) is 5.16 Å². The van der Waals surface area contributed by atoms with Crippen molar-refractivity contribution in [1.29, 1.82) is 0 Å². The highest BCUT2D eigenvalue weighted by molar-refractivity contribution is 6.34. The van der Waals surface area contributed by atoms with Crippen molar-refractivity contribution in [3.8, 4) is 0 Å². The number of carbonyl (C=O) groups excluding carboxylic acids is 1. The summed E-state index contributed by atoms with van der Waals surface area (Å²) < 4.78 is 38.9. The molecule has 0 aliphatic carbocycles. The second kappa shape index (κ2) is 8.86. The molecule has 0 spiro atoms. The Bertz CT molecular complexity index is 915. The number of amides is 1. The van der Waals surface area contributed by atoms with E-state index in [4.69, 9.17) is 16.4 Å². The van der Waals surface area contributed by atoms with E-state index >= 15 is 0 Å². The smallest absolute Gasteiger partial charge is 0.390 e. The van der Waals surface area contributed by atoms with Crippen LogP contribution in [-0.4, -0.2) is 29.2 Å². The van der Waals surface area contributed by atoms with Crippen LogP contribution in [0.15, 0.2) is 53.7 Å². The number of benzene rings is 2. The maximum Gasteiger partial charge on any atom is 0.416 e. The molecule has 8 heteroatoms. The number of rotatable bonds is 6. The fourth-order valence-corrected chi connectivity index (χ4v) is 3.42. The number of halogens is 4. The molecule has 0 aromatic heterocycles. The maximum absolute atomic E-state index is 13.0. The first-order chi connectivity index (χ1) is 13.8. The lowest BCUT2D eigenvalue weighted by atomic mass is 10.0. The summed E-state index contributed by atoms with van der Waals surface area (Å²) in [6, 6.07) is 12.3. The molecule has 1 aliphatic heterocycles. The van der Waals surface area contributed by atoms with Gasteiger partial charge in [0.05, 0.1) is 17.8 Å². The summed E-state index contributed by atoms with van der Waals surface area (Å²) in [5, 5.41) is 4.64. The van der Waals surface area contributed by atoms with Gasteiger partial charge in [0.1, 0.15) is 0 Å². The molecule has 0 saturated heterocycles. The molecule has 0 radical (unpaired) electrons. The molecule has 3 rings (SSSR count). The molecule has 1 aliphatic rings. The highest BCUT2D eigenvalue weighted by atomic mass is 35.5. The van der Waals surface area contributed by atoms with E-state index in [1.165, 1.54) is 11.0 Å². The van der Waals surface area contributed by atoms with E-state index in [0.29, 0.717) is 22.7 Å². The van der Waals surface area contributed by atoms with E-state index in [1.54, 1.807) is 19.1 Å². The highest BCUT2D eigenvalue weighted by Gasteiger charge is 2.31. The Morgan fingerprint density at radius 3 is 2.69 bits per heavy atom. The fourth-order valence-electron chi connectivity index (χ4n) is 3.17. The Kier molecular flexibility index (Phi) is 6.47. The van der Waals surface area contributed by atoms with Crippen LogP contribution in [-0.2, 0) is 22.4 Å². The van der Waals surface area contributed by atoms with Crippen LogP contribution in [0.2, 0.25) is 5.02 Å². The van der Waals surface area contributed by atoms with E-state index in [1.807, 2.05) is 18.2 Å². The molecule has 154 valence electrons. The quantitative estimate of drug-likeness (QED) is 0.632. The summed E-state index contributed by atoms with van der Waals surface area (Å²) >= 11 is 6.20. The van der Waals surface area contributed by atoms with Crippen LogP contribution in [0.3, 0.4) is 0 Å². The predicted molar refractivity (Wildman–Crippen MR) is 105 cm³/mol. The normalized spacial score (nSPS) is 16.3. The van der Waals surface area contributed by atoms with Crippen LogP contribution in [0.5, 0.6) is 0 Å². The third-order valence-corrected chi connectivity index (χ3v) is 4.95. The van der Waals surface area contributed by atoms with Gasteiger partial charge >= 0.3 is 6.18 Å². The first-order valence-electron chi connectivity index (χ1n) is 9.19. The number of carbonyl (C=O) groups is 1. The molecule has 0 saturated carbocycles. The zero-order valence-corrected chi connectivity index (χ0v) is 16.5. The number of oxime groups is 1. The number of hydrogen-bond acceptors (Lipinski definition) is 3.